The van der Waals surface area contributed by atoms with Crippen LogP contribution < -0.4 is 0 Å². The number of aryl methyl sites for hydroxylation is 2. The molecule has 12 heavy (non-hydrogen) atoms. The fourth-order valence-electron chi connectivity index (χ4n) is 1.27. The fourth-order valence-corrected chi connectivity index (χ4v) is 1.27. The van der Waals surface area contributed by atoms with E-state index in [-0.39, 0.29) is 17.4 Å². The summed E-state index contributed by atoms with van der Waals surface area (Å²) in [5.41, 5.74) is 4.40. The smallest absolute Gasteiger partial charge is 0.121 e. The highest BCUT2D eigenvalue weighted by Gasteiger charge is 2.04. The van der Waals surface area contributed by atoms with Gasteiger partial charge >= 0.3 is 0 Å². The van der Waals surface area contributed by atoms with E-state index < -0.39 is 0 Å². The molecule has 1 aromatic carbocycles. The molecule has 1 nitrogen and oxygen atoms in total. The van der Waals surface area contributed by atoms with Crippen LogP contribution in [0.4, 0.5) is 0 Å². The van der Waals surface area contributed by atoms with E-state index >= 15 is 0 Å². The van der Waals surface area contributed by atoms with Crippen LogP contribution in [-0.4, -0.2) is 22.5 Å². The largest absolute Gasteiger partial charge is 0.507 e. The molecule has 1 aromatic rings. The van der Waals surface area contributed by atoms with Crippen LogP contribution in [0.1, 0.15) is 22.3 Å². The predicted molar refractivity (Wildman–Crippen MR) is 52.8 cm³/mol. The van der Waals surface area contributed by atoms with E-state index in [1.165, 1.54) is 11.1 Å². The van der Waals surface area contributed by atoms with Crippen molar-refractivity contribution in [2.45, 2.75) is 27.7 Å². The summed E-state index contributed by atoms with van der Waals surface area (Å²) in [4.78, 5) is 0. The van der Waals surface area contributed by atoms with Crippen LogP contribution >= 0.6 is 0 Å². The molecule has 0 aliphatic heterocycles. The third kappa shape index (κ3) is 1.83. The first-order valence-electron chi connectivity index (χ1n) is 3.80. The summed E-state index contributed by atoms with van der Waals surface area (Å²) in [6, 6.07) is 2.01. The molecule has 0 saturated heterocycles. The molecule has 0 bridgehead atoms. The Morgan fingerprint density at radius 3 is 1.92 bits per heavy atom. The van der Waals surface area contributed by atoms with Crippen molar-refractivity contribution in [2.24, 2.45) is 0 Å². The van der Waals surface area contributed by atoms with Gasteiger partial charge in [-0.2, -0.15) is 0 Å². The van der Waals surface area contributed by atoms with Crippen molar-refractivity contribution >= 4 is 17.4 Å². The first-order valence-corrected chi connectivity index (χ1v) is 3.80. The average molecular weight is 177 g/mol. The molecule has 2 heteroatoms. The molecular weight excluding hydrogens is 163 g/mol. The minimum absolute atomic E-state index is 0. The van der Waals surface area contributed by atoms with Gasteiger partial charge < -0.3 is 5.11 Å². The number of rotatable bonds is 0. The molecule has 0 heterocycles. The van der Waals surface area contributed by atoms with Crippen LogP contribution in [0.3, 0.4) is 0 Å². The third-order valence-corrected chi connectivity index (χ3v) is 2.32. The minimum Gasteiger partial charge on any atom is -0.507 e. The molecule has 3 radical (unpaired) electrons. The molecule has 1 rings (SSSR count). The SMILES string of the molecule is Cc1cc(C)c(O)c(C)c1C.[Al]. The maximum atomic E-state index is 9.51. The highest BCUT2D eigenvalue weighted by Crippen LogP contribution is 2.26. The van der Waals surface area contributed by atoms with Crippen molar-refractivity contribution in [3.8, 4) is 5.75 Å². The quantitative estimate of drug-likeness (QED) is 0.602. The van der Waals surface area contributed by atoms with Crippen molar-refractivity contribution in [3.63, 3.8) is 0 Å². The van der Waals surface area contributed by atoms with Gasteiger partial charge in [-0.1, -0.05) is 6.07 Å². The van der Waals surface area contributed by atoms with Crippen molar-refractivity contribution in [2.75, 3.05) is 0 Å². The lowest BCUT2D eigenvalue weighted by Crippen LogP contribution is -1.89. The van der Waals surface area contributed by atoms with Crippen molar-refractivity contribution in [1.29, 1.82) is 0 Å². The Kier molecular flexibility index (Phi) is 3.83. The first kappa shape index (κ1) is 11.6. The molecule has 0 aromatic heterocycles. The second-order valence-electron chi connectivity index (χ2n) is 3.11. The standard InChI is InChI=1S/C10H14O.Al/c1-6-5-7(2)10(11)9(4)8(6)3;/h5,11H,1-4H3;. The molecule has 1 N–H and O–H groups in total. The van der Waals surface area contributed by atoms with Crippen LogP contribution in [0.15, 0.2) is 6.07 Å². The topological polar surface area (TPSA) is 20.2 Å². The summed E-state index contributed by atoms with van der Waals surface area (Å²) in [6.07, 6.45) is 0. The Bertz CT molecular complexity index is 266. The maximum absolute atomic E-state index is 9.51. The Balaban J connectivity index is 0.00000121. The highest BCUT2D eigenvalue weighted by molar-refractivity contribution is 5.75. The molecule has 0 spiro atoms. The lowest BCUT2D eigenvalue weighted by atomic mass is 10.00. The summed E-state index contributed by atoms with van der Waals surface area (Å²) >= 11 is 0. The summed E-state index contributed by atoms with van der Waals surface area (Å²) in [5, 5.41) is 9.51. The normalized spacial score (nSPS) is 9.33. The summed E-state index contributed by atoms with van der Waals surface area (Å²) in [5.74, 6) is 0.438. The maximum Gasteiger partial charge on any atom is 0.121 e. The number of hydrogen-bond acceptors (Lipinski definition) is 1. The lowest BCUT2D eigenvalue weighted by Gasteiger charge is -2.09. The Labute approximate surface area is 84.6 Å². The third-order valence-electron chi connectivity index (χ3n) is 2.32. The molecule has 0 saturated carbocycles. The zero-order valence-corrected chi connectivity index (χ0v) is 9.26. The van der Waals surface area contributed by atoms with Gasteiger partial charge in [-0.25, -0.2) is 0 Å². The molecule has 0 atom stereocenters. The second-order valence-corrected chi connectivity index (χ2v) is 3.11. The van der Waals surface area contributed by atoms with E-state index in [4.69, 9.17) is 0 Å². The molecule has 63 valence electrons. The minimum atomic E-state index is 0. The average Bonchev–Trinajstić information content (AvgIpc) is 1.97. The zero-order chi connectivity index (χ0) is 8.59. The van der Waals surface area contributed by atoms with Crippen molar-refractivity contribution < 1.29 is 5.11 Å². The highest BCUT2D eigenvalue weighted by atomic mass is 27.0. The van der Waals surface area contributed by atoms with Gasteiger partial charge in [0.15, 0.2) is 0 Å². The molecular formula is C10H14AlO. The summed E-state index contributed by atoms with van der Waals surface area (Å²) < 4.78 is 0. The van der Waals surface area contributed by atoms with Crippen LogP contribution in [0.25, 0.3) is 0 Å². The van der Waals surface area contributed by atoms with Gasteiger partial charge in [0.05, 0.1) is 0 Å². The van der Waals surface area contributed by atoms with Crippen LogP contribution in [-0.2, 0) is 0 Å². The van der Waals surface area contributed by atoms with E-state index in [1.54, 1.807) is 0 Å². The number of phenolic OH excluding ortho intramolecular Hbond substituents is 1. The molecule has 0 amide bonds. The van der Waals surface area contributed by atoms with E-state index in [0.717, 1.165) is 11.1 Å². The fraction of sp³-hybridized carbons (Fsp3) is 0.400. The summed E-state index contributed by atoms with van der Waals surface area (Å²) in [7, 11) is 0. The van der Waals surface area contributed by atoms with Gasteiger partial charge in [-0.15, -0.1) is 0 Å². The lowest BCUT2D eigenvalue weighted by molar-refractivity contribution is 0.466. The van der Waals surface area contributed by atoms with Crippen LogP contribution in [0, 0.1) is 27.7 Å². The van der Waals surface area contributed by atoms with E-state index in [9.17, 15) is 5.11 Å². The van der Waals surface area contributed by atoms with Gasteiger partial charge in [0.1, 0.15) is 5.75 Å². The molecule has 0 aliphatic carbocycles. The number of aromatic hydroxyl groups is 1. The number of hydrogen-bond donors (Lipinski definition) is 1. The summed E-state index contributed by atoms with van der Waals surface area (Å²) in [6.45, 7) is 7.97. The van der Waals surface area contributed by atoms with Gasteiger partial charge in [0, 0.05) is 17.4 Å². The van der Waals surface area contributed by atoms with Gasteiger partial charge in [-0.3, -0.25) is 0 Å². The van der Waals surface area contributed by atoms with E-state index in [1.807, 2.05) is 26.8 Å². The van der Waals surface area contributed by atoms with Crippen molar-refractivity contribution in [3.05, 3.63) is 28.3 Å². The Hall–Kier alpha value is -0.448. The van der Waals surface area contributed by atoms with Gasteiger partial charge in [0.2, 0.25) is 0 Å². The molecule has 0 unspecified atom stereocenters. The van der Waals surface area contributed by atoms with Crippen LogP contribution in [0.5, 0.6) is 5.75 Å². The van der Waals surface area contributed by atoms with Gasteiger partial charge in [-0.05, 0) is 49.9 Å². The van der Waals surface area contributed by atoms with Gasteiger partial charge in [0.25, 0.3) is 0 Å². The number of phenols is 1. The second kappa shape index (κ2) is 3.98. The zero-order valence-electron chi connectivity index (χ0n) is 8.10. The first-order chi connectivity index (χ1) is 5.04. The molecule has 0 fully saturated rings. The van der Waals surface area contributed by atoms with E-state index in [2.05, 4.69) is 6.92 Å². The Morgan fingerprint density at radius 1 is 0.917 bits per heavy atom. The van der Waals surface area contributed by atoms with E-state index in [0.29, 0.717) is 5.75 Å². The molecule has 0 aliphatic rings. The predicted octanol–water partition coefficient (Wildman–Crippen LogP) is 2.25. The van der Waals surface area contributed by atoms with Crippen LogP contribution in [0.2, 0.25) is 0 Å². The Morgan fingerprint density at radius 2 is 1.42 bits per heavy atom. The van der Waals surface area contributed by atoms with Crippen molar-refractivity contribution in [1.82, 2.24) is 0 Å². The monoisotopic (exact) mass is 177 g/mol. The number of benzene rings is 1.